The number of benzene rings is 3. The average Bonchev–Trinajstić information content (AvgIpc) is 3.04. The Morgan fingerprint density at radius 3 is 2.36 bits per heavy atom. The van der Waals surface area contributed by atoms with Crippen molar-refractivity contribution in [2.45, 2.75) is 26.2 Å². The smallest absolute Gasteiger partial charge is 0.157 e. The Morgan fingerprint density at radius 2 is 1.57 bits per heavy atom. The second kappa shape index (κ2) is 5.93. The molecular formula is C26H23NO. The second-order valence-corrected chi connectivity index (χ2v) is 8.56. The number of furan rings is 1. The van der Waals surface area contributed by atoms with Crippen molar-refractivity contribution in [3.63, 3.8) is 0 Å². The van der Waals surface area contributed by atoms with E-state index in [2.05, 4.69) is 81.7 Å². The summed E-state index contributed by atoms with van der Waals surface area (Å²) in [6.45, 7) is 6.80. The lowest BCUT2D eigenvalue weighted by atomic mass is 9.82. The highest BCUT2D eigenvalue weighted by molar-refractivity contribution is 6.09. The van der Waals surface area contributed by atoms with Crippen LogP contribution >= 0.6 is 0 Å². The van der Waals surface area contributed by atoms with E-state index in [0.29, 0.717) is 0 Å². The first-order valence-electron chi connectivity index (χ1n) is 9.69. The Balaban J connectivity index is 1.89. The summed E-state index contributed by atoms with van der Waals surface area (Å²) in [5, 5.41) is 4.81. The molecule has 0 aliphatic rings. The molecule has 0 bridgehead atoms. The van der Waals surface area contributed by atoms with Gasteiger partial charge in [-0.05, 0) is 33.4 Å². The first kappa shape index (κ1) is 17.0. The predicted molar refractivity (Wildman–Crippen MR) is 115 cm³/mol. The average molecular weight is 365 g/mol. The number of hydrogen-bond donors (Lipinski definition) is 0. The molecule has 3 aromatic carbocycles. The third kappa shape index (κ3) is 2.60. The molecule has 2 aromatic heterocycles. The van der Waals surface area contributed by atoms with Gasteiger partial charge in [-0.3, -0.25) is 4.57 Å². The Morgan fingerprint density at radius 1 is 0.857 bits per heavy atom. The van der Waals surface area contributed by atoms with Crippen molar-refractivity contribution in [3.8, 4) is 11.1 Å². The number of rotatable bonds is 1. The van der Waals surface area contributed by atoms with E-state index in [9.17, 15) is 0 Å². The quantitative estimate of drug-likeness (QED) is 0.251. The molecule has 0 amide bonds. The van der Waals surface area contributed by atoms with Gasteiger partial charge in [-0.25, -0.2) is 0 Å². The van der Waals surface area contributed by atoms with Crippen molar-refractivity contribution in [1.29, 1.82) is 0 Å². The molecule has 0 radical (unpaired) electrons. The lowest BCUT2D eigenvalue weighted by Gasteiger charge is -2.24. The van der Waals surface area contributed by atoms with Crippen LogP contribution in [0, 0.1) is 6.20 Å². The number of hydrogen-bond acceptors (Lipinski definition) is 1. The lowest BCUT2D eigenvalue weighted by molar-refractivity contribution is -0.673. The molecule has 0 saturated heterocycles. The summed E-state index contributed by atoms with van der Waals surface area (Å²) in [5.41, 5.74) is 5.34. The zero-order valence-corrected chi connectivity index (χ0v) is 16.7. The largest absolute Gasteiger partial charge is 0.500 e. The van der Waals surface area contributed by atoms with Gasteiger partial charge < -0.3 is 4.42 Å². The van der Waals surface area contributed by atoms with Gasteiger partial charge in [-0.1, -0.05) is 80.9 Å². The Kier molecular flexibility index (Phi) is 3.60. The van der Waals surface area contributed by atoms with Crippen LogP contribution in [0.15, 0.2) is 71.3 Å². The van der Waals surface area contributed by atoms with Crippen LogP contribution in [-0.4, -0.2) is 0 Å². The van der Waals surface area contributed by atoms with E-state index < -0.39 is 0 Å². The molecule has 138 valence electrons. The Bertz CT molecular complexity index is 1350. The van der Waals surface area contributed by atoms with Crippen LogP contribution in [-0.2, 0) is 12.5 Å². The SMILES string of the molecule is C[n+]1[c-]c(-c2cc(C(C)(C)C)c3ccccc3c2)c2oc3ccccc3c2c1. The normalized spacial score (nSPS) is 12.3. The van der Waals surface area contributed by atoms with E-state index >= 15 is 0 Å². The van der Waals surface area contributed by atoms with E-state index in [1.54, 1.807) is 0 Å². The summed E-state index contributed by atoms with van der Waals surface area (Å²) in [5.74, 6) is 0. The van der Waals surface area contributed by atoms with E-state index in [0.717, 1.165) is 33.1 Å². The molecule has 0 unspecified atom stereocenters. The molecule has 5 rings (SSSR count). The molecule has 0 atom stereocenters. The molecule has 0 fully saturated rings. The Hall–Kier alpha value is -3.13. The van der Waals surface area contributed by atoms with Gasteiger partial charge in [0.05, 0.1) is 5.58 Å². The fourth-order valence-electron chi connectivity index (χ4n) is 4.10. The fraction of sp³-hybridized carbons (Fsp3) is 0.192. The van der Waals surface area contributed by atoms with Gasteiger partial charge >= 0.3 is 0 Å². The van der Waals surface area contributed by atoms with Gasteiger partial charge in [-0.2, -0.15) is 0 Å². The third-order valence-corrected chi connectivity index (χ3v) is 5.43. The first-order valence-corrected chi connectivity index (χ1v) is 9.69. The topological polar surface area (TPSA) is 17.0 Å². The Labute approximate surface area is 165 Å². The molecule has 2 nitrogen and oxygen atoms in total. The molecular weight excluding hydrogens is 342 g/mol. The summed E-state index contributed by atoms with van der Waals surface area (Å²) in [4.78, 5) is 0. The number of nitrogens with zero attached hydrogens (tertiary/aromatic N) is 1. The van der Waals surface area contributed by atoms with E-state index in [1.165, 1.54) is 16.3 Å². The number of pyridine rings is 1. The highest BCUT2D eigenvalue weighted by Gasteiger charge is 2.18. The summed E-state index contributed by atoms with van der Waals surface area (Å²) in [6, 6.07) is 21.4. The highest BCUT2D eigenvalue weighted by Crippen LogP contribution is 2.38. The molecule has 0 aliphatic heterocycles. The third-order valence-electron chi connectivity index (χ3n) is 5.43. The van der Waals surface area contributed by atoms with Crippen molar-refractivity contribution in [3.05, 3.63) is 78.6 Å². The maximum Gasteiger partial charge on any atom is 0.157 e. The molecule has 0 saturated carbocycles. The standard InChI is InChI=1S/C26H23NO/c1-26(2,3)23-14-18(13-17-9-5-6-10-19(17)23)21-15-27(4)16-22-20-11-7-8-12-24(20)28-25(21)22/h5-14,16H,1-4H3. The minimum atomic E-state index is 0.0412. The number of para-hydroxylation sites is 1. The van der Waals surface area contributed by atoms with Crippen LogP contribution in [0.4, 0.5) is 0 Å². The van der Waals surface area contributed by atoms with Gasteiger partial charge in [-0.15, -0.1) is 0 Å². The van der Waals surface area contributed by atoms with Crippen LogP contribution < -0.4 is 4.57 Å². The summed E-state index contributed by atoms with van der Waals surface area (Å²) < 4.78 is 8.29. The molecule has 0 spiro atoms. The fourth-order valence-corrected chi connectivity index (χ4v) is 4.10. The minimum absolute atomic E-state index is 0.0412. The van der Waals surface area contributed by atoms with Crippen LogP contribution in [0.3, 0.4) is 0 Å². The van der Waals surface area contributed by atoms with Crippen LogP contribution in [0.1, 0.15) is 26.3 Å². The molecule has 5 aromatic rings. The first-order chi connectivity index (χ1) is 13.4. The maximum absolute atomic E-state index is 6.29. The molecule has 2 heterocycles. The van der Waals surface area contributed by atoms with Crippen molar-refractivity contribution in [1.82, 2.24) is 0 Å². The van der Waals surface area contributed by atoms with Crippen molar-refractivity contribution < 1.29 is 8.98 Å². The zero-order chi connectivity index (χ0) is 19.5. The van der Waals surface area contributed by atoms with E-state index in [-0.39, 0.29) is 5.41 Å². The molecule has 0 aliphatic carbocycles. The second-order valence-electron chi connectivity index (χ2n) is 8.56. The van der Waals surface area contributed by atoms with Crippen molar-refractivity contribution >= 4 is 32.7 Å². The summed E-state index contributed by atoms with van der Waals surface area (Å²) in [6.07, 6.45) is 5.59. The van der Waals surface area contributed by atoms with Gasteiger partial charge in [0, 0.05) is 10.8 Å². The van der Waals surface area contributed by atoms with Crippen LogP contribution in [0.5, 0.6) is 0 Å². The van der Waals surface area contributed by atoms with E-state index in [1.807, 2.05) is 23.7 Å². The highest BCUT2D eigenvalue weighted by atomic mass is 16.3. The van der Waals surface area contributed by atoms with E-state index in [4.69, 9.17) is 4.42 Å². The van der Waals surface area contributed by atoms with Crippen LogP contribution in [0.25, 0.3) is 43.8 Å². The van der Waals surface area contributed by atoms with Gasteiger partial charge in [0.2, 0.25) is 0 Å². The number of aromatic nitrogens is 1. The molecule has 2 heteroatoms. The molecule has 28 heavy (non-hydrogen) atoms. The molecule has 0 N–H and O–H groups in total. The van der Waals surface area contributed by atoms with Gasteiger partial charge in [0.1, 0.15) is 18.8 Å². The minimum Gasteiger partial charge on any atom is -0.500 e. The van der Waals surface area contributed by atoms with Gasteiger partial charge in [0.25, 0.3) is 0 Å². The van der Waals surface area contributed by atoms with Crippen LogP contribution in [0.2, 0.25) is 0 Å². The summed E-state index contributed by atoms with van der Waals surface area (Å²) >= 11 is 0. The predicted octanol–water partition coefficient (Wildman–Crippen LogP) is 6.33. The van der Waals surface area contributed by atoms with Gasteiger partial charge in [0.15, 0.2) is 6.20 Å². The number of aryl methyl sites for hydroxylation is 1. The summed E-state index contributed by atoms with van der Waals surface area (Å²) in [7, 11) is 2.02. The zero-order valence-electron chi connectivity index (χ0n) is 16.7. The maximum atomic E-state index is 6.29. The van der Waals surface area contributed by atoms with Crippen molar-refractivity contribution in [2.75, 3.05) is 0 Å². The monoisotopic (exact) mass is 365 g/mol. The van der Waals surface area contributed by atoms with Crippen molar-refractivity contribution in [2.24, 2.45) is 7.05 Å². The number of fused-ring (bicyclic) bond motifs is 4. The lowest BCUT2D eigenvalue weighted by Crippen LogP contribution is -2.27.